The van der Waals surface area contributed by atoms with Crippen molar-refractivity contribution in [3.8, 4) is 16.9 Å². The van der Waals surface area contributed by atoms with Gasteiger partial charge in [0.1, 0.15) is 0 Å². The summed E-state index contributed by atoms with van der Waals surface area (Å²) in [5.74, 6) is -1.34. The van der Waals surface area contributed by atoms with Gasteiger partial charge in [-0.05, 0) is 17.7 Å². The summed E-state index contributed by atoms with van der Waals surface area (Å²) in [6, 6.07) is 29.0. The number of aliphatic carboxylic acids is 1. The van der Waals surface area contributed by atoms with Crippen LogP contribution in [0.25, 0.3) is 16.9 Å². The van der Waals surface area contributed by atoms with E-state index in [1.165, 1.54) is 5.01 Å². The number of carboxylic acid groups (broad SMARTS) is 1. The fourth-order valence-corrected chi connectivity index (χ4v) is 4.28. The summed E-state index contributed by atoms with van der Waals surface area (Å²) in [6.07, 6.45) is 2.09. The second kappa shape index (κ2) is 9.77. The van der Waals surface area contributed by atoms with Gasteiger partial charge in [-0.15, -0.1) is 0 Å². The number of hydrogen-bond donors (Lipinski definition) is 1. The number of carboxylic acids is 1. The lowest BCUT2D eigenvalue weighted by Gasteiger charge is -2.21. The fraction of sp³-hybridized carbons (Fsp3) is 0.143. The molecule has 0 fully saturated rings. The van der Waals surface area contributed by atoms with Gasteiger partial charge < -0.3 is 5.11 Å². The van der Waals surface area contributed by atoms with Crippen molar-refractivity contribution < 1.29 is 14.7 Å². The van der Waals surface area contributed by atoms with Crippen LogP contribution in [0.5, 0.6) is 0 Å². The van der Waals surface area contributed by atoms with Crippen LogP contribution in [0, 0.1) is 0 Å². The number of amides is 1. The Bertz CT molecular complexity index is 1370. The van der Waals surface area contributed by atoms with E-state index in [-0.39, 0.29) is 18.7 Å². The molecule has 0 spiro atoms. The predicted molar refractivity (Wildman–Crippen MR) is 133 cm³/mol. The van der Waals surface area contributed by atoms with Crippen LogP contribution in [0.2, 0.25) is 0 Å². The minimum atomic E-state index is -1.01. The average Bonchev–Trinajstić information content (AvgIpc) is 3.54. The van der Waals surface area contributed by atoms with Gasteiger partial charge in [-0.1, -0.05) is 78.9 Å². The molecule has 1 unspecified atom stereocenters. The SMILES string of the molecule is O=C(O)CCC(=O)N1N=C(c2ccccc2)CC1c1cn(-c2ccccc2)nc1-c1ccccc1. The molecule has 1 aromatic heterocycles. The normalized spacial score (nSPS) is 15.1. The molecule has 7 heteroatoms. The number of nitrogens with zero attached hydrogens (tertiary/aromatic N) is 4. The van der Waals surface area contributed by atoms with E-state index in [9.17, 15) is 9.59 Å². The zero-order valence-electron chi connectivity index (χ0n) is 19.0. The Morgan fingerprint density at radius 1 is 0.829 bits per heavy atom. The number of carbonyl (C=O) groups excluding carboxylic acids is 1. The van der Waals surface area contributed by atoms with Gasteiger partial charge >= 0.3 is 5.97 Å². The highest BCUT2D eigenvalue weighted by molar-refractivity contribution is 6.03. The molecule has 2 heterocycles. The Morgan fingerprint density at radius 2 is 1.43 bits per heavy atom. The van der Waals surface area contributed by atoms with Crippen molar-refractivity contribution in [1.82, 2.24) is 14.8 Å². The Morgan fingerprint density at radius 3 is 2.06 bits per heavy atom. The molecule has 1 N–H and O–H groups in total. The lowest BCUT2D eigenvalue weighted by atomic mass is 9.96. The fourth-order valence-electron chi connectivity index (χ4n) is 4.28. The van der Waals surface area contributed by atoms with Crippen LogP contribution in [-0.4, -0.2) is 37.5 Å². The average molecular weight is 465 g/mol. The summed E-state index contributed by atoms with van der Waals surface area (Å²) in [4.78, 5) is 24.3. The summed E-state index contributed by atoms with van der Waals surface area (Å²) in [5, 5.41) is 20.1. The van der Waals surface area contributed by atoms with E-state index in [0.29, 0.717) is 6.42 Å². The Kier molecular flexibility index (Phi) is 6.22. The maximum absolute atomic E-state index is 13.2. The summed E-state index contributed by atoms with van der Waals surface area (Å²) < 4.78 is 1.82. The van der Waals surface area contributed by atoms with Gasteiger partial charge in [0, 0.05) is 30.2 Å². The van der Waals surface area contributed by atoms with Crippen molar-refractivity contribution in [3.63, 3.8) is 0 Å². The minimum absolute atomic E-state index is 0.120. The molecule has 0 bridgehead atoms. The topological polar surface area (TPSA) is 87.8 Å². The van der Waals surface area contributed by atoms with Crippen molar-refractivity contribution in [3.05, 3.63) is 108 Å². The lowest BCUT2D eigenvalue weighted by molar-refractivity contribution is -0.141. The number of carbonyl (C=O) groups is 2. The third-order valence-corrected chi connectivity index (χ3v) is 6.00. The second-order valence-corrected chi connectivity index (χ2v) is 8.34. The van der Waals surface area contributed by atoms with Gasteiger partial charge in [0.05, 0.1) is 29.6 Å². The molecular weight excluding hydrogens is 440 g/mol. The van der Waals surface area contributed by atoms with Crippen LogP contribution in [0.15, 0.2) is 102 Å². The first-order chi connectivity index (χ1) is 17.1. The van der Waals surface area contributed by atoms with Crippen molar-refractivity contribution in [2.45, 2.75) is 25.3 Å². The van der Waals surface area contributed by atoms with Crippen LogP contribution in [0.4, 0.5) is 0 Å². The van der Waals surface area contributed by atoms with Gasteiger partial charge in [-0.2, -0.15) is 10.2 Å². The molecule has 1 aliphatic heterocycles. The monoisotopic (exact) mass is 464 g/mol. The Labute approximate surface area is 203 Å². The quantitative estimate of drug-likeness (QED) is 0.413. The molecule has 1 amide bonds. The molecule has 4 aromatic rings. The zero-order chi connectivity index (χ0) is 24.2. The summed E-state index contributed by atoms with van der Waals surface area (Å²) >= 11 is 0. The van der Waals surface area contributed by atoms with E-state index in [0.717, 1.165) is 33.8 Å². The molecule has 1 atom stereocenters. The van der Waals surface area contributed by atoms with Crippen LogP contribution in [-0.2, 0) is 9.59 Å². The van der Waals surface area contributed by atoms with Gasteiger partial charge in [0.15, 0.2) is 0 Å². The Hall–Kier alpha value is -4.52. The smallest absolute Gasteiger partial charge is 0.303 e. The van der Waals surface area contributed by atoms with Crippen LogP contribution < -0.4 is 0 Å². The zero-order valence-corrected chi connectivity index (χ0v) is 19.0. The van der Waals surface area contributed by atoms with Gasteiger partial charge in [-0.25, -0.2) is 9.69 Å². The first kappa shape index (κ1) is 22.3. The van der Waals surface area contributed by atoms with Crippen LogP contribution >= 0.6 is 0 Å². The molecule has 0 radical (unpaired) electrons. The van der Waals surface area contributed by atoms with E-state index in [1.54, 1.807) is 0 Å². The first-order valence-electron chi connectivity index (χ1n) is 11.5. The molecule has 5 rings (SSSR count). The maximum Gasteiger partial charge on any atom is 0.303 e. The van der Waals surface area contributed by atoms with E-state index >= 15 is 0 Å². The van der Waals surface area contributed by atoms with Crippen LogP contribution in [0.1, 0.15) is 36.4 Å². The van der Waals surface area contributed by atoms with Gasteiger partial charge in [0.25, 0.3) is 0 Å². The van der Waals surface area contributed by atoms with Crippen LogP contribution in [0.3, 0.4) is 0 Å². The van der Waals surface area contributed by atoms with E-state index in [2.05, 4.69) is 5.10 Å². The highest BCUT2D eigenvalue weighted by Gasteiger charge is 2.36. The van der Waals surface area contributed by atoms with Crippen molar-refractivity contribution in [2.75, 3.05) is 0 Å². The standard InChI is InChI=1S/C28H24N4O3/c33-26(16-17-27(34)35)32-25(18-24(29-32)20-10-4-1-5-11-20)23-19-31(22-14-8-3-9-15-22)30-28(23)21-12-6-2-7-13-21/h1-15,19,25H,16-18H2,(H,34,35). The maximum atomic E-state index is 13.2. The second-order valence-electron chi connectivity index (χ2n) is 8.34. The van der Waals surface area contributed by atoms with Gasteiger partial charge in [0.2, 0.25) is 5.91 Å². The molecular formula is C28H24N4O3. The Balaban J connectivity index is 1.59. The van der Waals surface area contributed by atoms with Crippen molar-refractivity contribution in [1.29, 1.82) is 0 Å². The summed E-state index contributed by atoms with van der Waals surface area (Å²) in [6.45, 7) is 0. The number of aromatic nitrogens is 2. The highest BCUT2D eigenvalue weighted by Crippen LogP contribution is 2.38. The lowest BCUT2D eigenvalue weighted by Crippen LogP contribution is -2.27. The van der Waals surface area contributed by atoms with Gasteiger partial charge in [-0.3, -0.25) is 9.59 Å². The molecule has 3 aromatic carbocycles. The number of para-hydroxylation sites is 1. The number of rotatable bonds is 7. The number of hydrazone groups is 1. The number of benzene rings is 3. The van der Waals surface area contributed by atoms with E-state index < -0.39 is 12.0 Å². The largest absolute Gasteiger partial charge is 0.481 e. The first-order valence-corrected chi connectivity index (χ1v) is 11.5. The summed E-state index contributed by atoms with van der Waals surface area (Å²) in [7, 11) is 0. The third-order valence-electron chi connectivity index (χ3n) is 6.00. The van der Waals surface area contributed by atoms with E-state index in [1.807, 2.05) is 102 Å². The molecule has 174 valence electrons. The molecule has 0 aliphatic carbocycles. The summed E-state index contributed by atoms with van der Waals surface area (Å²) in [5.41, 5.74) is 5.18. The van der Waals surface area contributed by atoms with E-state index in [4.69, 9.17) is 10.2 Å². The van der Waals surface area contributed by atoms with Crippen molar-refractivity contribution in [2.24, 2.45) is 5.10 Å². The predicted octanol–water partition coefficient (Wildman–Crippen LogP) is 5.08. The minimum Gasteiger partial charge on any atom is -0.481 e. The molecule has 0 saturated carbocycles. The van der Waals surface area contributed by atoms with Crippen molar-refractivity contribution >= 4 is 17.6 Å². The molecule has 35 heavy (non-hydrogen) atoms. The highest BCUT2D eigenvalue weighted by atomic mass is 16.4. The molecule has 1 aliphatic rings. The third kappa shape index (κ3) is 4.75. The molecule has 7 nitrogen and oxygen atoms in total. The molecule has 0 saturated heterocycles. The number of hydrogen-bond acceptors (Lipinski definition) is 4.